The van der Waals surface area contributed by atoms with Crippen molar-refractivity contribution in [1.82, 2.24) is 9.55 Å². The fourth-order valence-electron chi connectivity index (χ4n) is 3.52. The van der Waals surface area contributed by atoms with Crippen LogP contribution >= 0.6 is 0 Å². The number of amides is 2. The smallest absolute Gasteiger partial charge is 0.275 e. The largest absolute Gasteiger partial charge is 0.332 e. The molecule has 1 heterocycles. The first-order valence-electron chi connectivity index (χ1n) is 11.3. The quantitative estimate of drug-likeness (QED) is 0.368. The fraction of sp³-hybridized carbons (Fsp3) is 0.179. The summed E-state index contributed by atoms with van der Waals surface area (Å²) in [6.45, 7) is 6.82. The Morgan fingerprint density at radius 3 is 2.03 bits per heavy atom. The summed E-state index contributed by atoms with van der Waals surface area (Å²) in [7, 11) is 0. The Hall–Kier alpha value is -4.19. The van der Waals surface area contributed by atoms with Gasteiger partial charge in [0, 0.05) is 29.7 Å². The minimum atomic E-state index is -0.245. The SMILES string of the molecule is Cc1ccc(C(=O)Nc2ccc(Cn3cnc(C(=O)Nc4ccc(C(C)C)cc4)c3)cc2)cc1. The lowest BCUT2D eigenvalue weighted by Crippen LogP contribution is -2.12. The van der Waals surface area contributed by atoms with Crippen LogP contribution < -0.4 is 10.6 Å². The van der Waals surface area contributed by atoms with Gasteiger partial charge in [-0.25, -0.2) is 4.98 Å². The van der Waals surface area contributed by atoms with Crippen LogP contribution in [0.15, 0.2) is 85.3 Å². The van der Waals surface area contributed by atoms with Crippen molar-refractivity contribution in [2.24, 2.45) is 0 Å². The Kier molecular flexibility index (Phi) is 6.87. The van der Waals surface area contributed by atoms with E-state index in [1.165, 1.54) is 5.56 Å². The van der Waals surface area contributed by atoms with Gasteiger partial charge in [-0.1, -0.05) is 55.8 Å². The van der Waals surface area contributed by atoms with Gasteiger partial charge in [-0.05, 0) is 60.4 Å². The van der Waals surface area contributed by atoms with E-state index in [2.05, 4.69) is 29.5 Å². The molecule has 1 aromatic heterocycles. The molecule has 6 nitrogen and oxygen atoms in total. The van der Waals surface area contributed by atoms with Crippen LogP contribution in [0.25, 0.3) is 0 Å². The van der Waals surface area contributed by atoms with Gasteiger partial charge >= 0.3 is 0 Å². The standard InChI is InChI=1S/C28H28N4O2/c1-19(2)22-10-14-25(15-11-22)31-28(34)26-17-32(18-29-26)16-21-6-12-24(13-7-21)30-27(33)23-8-4-20(3)5-9-23/h4-15,17-19H,16H2,1-3H3,(H,30,33)(H,31,34). The molecule has 172 valence electrons. The highest BCUT2D eigenvalue weighted by Crippen LogP contribution is 2.18. The Labute approximate surface area is 199 Å². The molecule has 0 spiro atoms. The van der Waals surface area contributed by atoms with Crippen molar-refractivity contribution in [3.05, 3.63) is 113 Å². The van der Waals surface area contributed by atoms with Crippen LogP contribution in [0.1, 0.15) is 57.3 Å². The molecule has 0 aliphatic carbocycles. The van der Waals surface area contributed by atoms with E-state index in [9.17, 15) is 9.59 Å². The topological polar surface area (TPSA) is 76.0 Å². The highest BCUT2D eigenvalue weighted by molar-refractivity contribution is 6.04. The monoisotopic (exact) mass is 452 g/mol. The van der Waals surface area contributed by atoms with Gasteiger partial charge in [-0.2, -0.15) is 0 Å². The Morgan fingerprint density at radius 2 is 1.41 bits per heavy atom. The lowest BCUT2D eigenvalue weighted by atomic mass is 10.0. The van der Waals surface area contributed by atoms with E-state index in [0.717, 1.165) is 22.5 Å². The number of rotatable bonds is 7. The molecule has 4 rings (SSSR count). The predicted octanol–water partition coefficient (Wildman–Crippen LogP) is 5.87. The molecule has 3 aromatic carbocycles. The minimum Gasteiger partial charge on any atom is -0.332 e. The van der Waals surface area contributed by atoms with Gasteiger partial charge in [0.25, 0.3) is 11.8 Å². The zero-order valence-electron chi connectivity index (χ0n) is 19.6. The maximum Gasteiger partial charge on any atom is 0.275 e. The van der Waals surface area contributed by atoms with Crippen molar-refractivity contribution >= 4 is 23.2 Å². The number of hydrogen-bond acceptors (Lipinski definition) is 3. The van der Waals surface area contributed by atoms with Crippen molar-refractivity contribution in [2.75, 3.05) is 10.6 Å². The summed E-state index contributed by atoms with van der Waals surface area (Å²) in [5.74, 6) is 0.0565. The van der Waals surface area contributed by atoms with E-state index in [1.807, 2.05) is 84.3 Å². The van der Waals surface area contributed by atoms with Crippen molar-refractivity contribution in [3.63, 3.8) is 0 Å². The number of imidazole rings is 1. The molecule has 0 fully saturated rings. The molecule has 6 heteroatoms. The normalized spacial score (nSPS) is 10.8. The molecule has 0 atom stereocenters. The Morgan fingerprint density at radius 1 is 0.824 bits per heavy atom. The van der Waals surface area contributed by atoms with Crippen LogP contribution in [0.2, 0.25) is 0 Å². The third kappa shape index (κ3) is 5.78. The minimum absolute atomic E-state index is 0.142. The lowest BCUT2D eigenvalue weighted by Gasteiger charge is -2.08. The first-order valence-corrected chi connectivity index (χ1v) is 11.3. The summed E-state index contributed by atoms with van der Waals surface area (Å²) in [6, 6.07) is 22.9. The number of carbonyl (C=O) groups is 2. The second-order valence-electron chi connectivity index (χ2n) is 8.68. The number of anilines is 2. The average Bonchev–Trinajstić information content (AvgIpc) is 3.30. The first-order chi connectivity index (χ1) is 16.4. The second kappa shape index (κ2) is 10.2. The number of benzene rings is 3. The number of aryl methyl sites for hydroxylation is 1. The molecule has 0 saturated carbocycles. The van der Waals surface area contributed by atoms with Crippen molar-refractivity contribution < 1.29 is 9.59 Å². The number of nitrogens with zero attached hydrogens (tertiary/aromatic N) is 2. The number of hydrogen-bond donors (Lipinski definition) is 2. The summed E-state index contributed by atoms with van der Waals surface area (Å²) in [5.41, 5.74) is 5.81. The number of nitrogens with one attached hydrogen (secondary N) is 2. The van der Waals surface area contributed by atoms with Gasteiger partial charge in [0.05, 0.1) is 6.33 Å². The second-order valence-corrected chi connectivity index (χ2v) is 8.68. The molecule has 2 amide bonds. The van der Waals surface area contributed by atoms with Gasteiger partial charge in [0.1, 0.15) is 5.69 Å². The van der Waals surface area contributed by atoms with Gasteiger partial charge in [-0.15, -0.1) is 0 Å². The van der Waals surface area contributed by atoms with Crippen molar-refractivity contribution in [1.29, 1.82) is 0 Å². The summed E-state index contributed by atoms with van der Waals surface area (Å²) in [4.78, 5) is 29.2. The van der Waals surface area contributed by atoms with Crippen LogP contribution in [0, 0.1) is 6.92 Å². The van der Waals surface area contributed by atoms with E-state index >= 15 is 0 Å². The summed E-state index contributed by atoms with van der Waals surface area (Å²) in [6.07, 6.45) is 3.37. The molecule has 2 N–H and O–H groups in total. The average molecular weight is 453 g/mol. The molecule has 0 unspecified atom stereocenters. The van der Waals surface area contributed by atoms with E-state index in [0.29, 0.717) is 23.7 Å². The fourth-order valence-corrected chi connectivity index (χ4v) is 3.52. The van der Waals surface area contributed by atoms with Crippen LogP contribution in [0.5, 0.6) is 0 Å². The summed E-state index contributed by atoms with van der Waals surface area (Å²) in [5, 5.41) is 5.80. The zero-order chi connectivity index (χ0) is 24.1. The molecule has 0 saturated heterocycles. The molecule has 0 aliphatic heterocycles. The maximum atomic E-state index is 12.6. The highest BCUT2D eigenvalue weighted by atomic mass is 16.2. The molecule has 0 bridgehead atoms. The van der Waals surface area contributed by atoms with Crippen LogP contribution in [-0.2, 0) is 6.54 Å². The van der Waals surface area contributed by atoms with E-state index in [4.69, 9.17) is 0 Å². The van der Waals surface area contributed by atoms with Crippen molar-refractivity contribution in [3.8, 4) is 0 Å². The summed E-state index contributed by atoms with van der Waals surface area (Å²) < 4.78 is 1.86. The van der Waals surface area contributed by atoms with Crippen LogP contribution in [0.4, 0.5) is 11.4 Å². The van der Waals surface area contributed by atoms with Crippen molar-refractivity contribution in [2.45, 2.75) is 33.2 Å². The first kappa shape index (κ1) is 23.0. The van der Waals surface area contributed by atoms with E-state index in [-0.39, 0.29) is 11.8 Å². The van der Waals surface area contributed by atoms with Gasteiger partial charge in [-0.3, -0.25) is 9.59 Å². The van der Waals surface area contributed by atoms with Gasteiger partial charge in [0.2, 0.25) is 0 Å². The van der Waals surface area contributed by atoms with E-state index < -0.39 is 0 Å². The third-order valence-electron chi connectivity index (χ3n) is 5.59. The van der Waals surface area contributed by atoms with Crippen LogP contribution in [0.3, 0.4) is 0 Å². The predicted molar refractivity (Wildman–Crippen MR) is 135 cm³/mol. The lowest BCUT2D eigenvalue weighted by molar-refractivity contribution is 0.101. The molecule has 0 aliphatic rings. The maximum absolute atomic E-state index is 12.6. The molecular formula is C28H28N4O2. The molecule has 0 radical (unpaired) electrons. The van der Waals surface area contributed by atoms with Crippen LogP contribution in [-0.4, -0.2) is 21.4 Å². The number of aromatic nitrogens is 2. The molecule has 34 heavy (non-hydrogen) atoms. The highest BCUT2D eigenvalue weighted by Gasteiger charge is 2.11. The van der Waals surface area contributed by atoms with Gasteiger partial charge in [0.15, 0.2) is 0 Å². The van der Waals surface area contributed by atoms with E-state index in [1.54, 1.807) is 12.5 Å². The Balaban J connectivity index is 1.33. The number of carbonyl (C=O) groups excluding carboxylic acids is 2. The van der Waals surface area contributed by atoms with Gasteiger partial charge < -0.3 is 15.2 Å². The molecular weight excluding hydrogens is 424 g/mol. The third-order valence-corrected chi connectivity index (χ3v) is 5.59. The summed E-state index contributed by atoms with van der Waals surface area (Å²) >= 11 is 0. The zero-order valence-corrected chi connectivity index (χ0v) is 19.6. The molecule has 4 aromatic rings. The Bertz CT molecular complexity index is 1270.